The highest BCUT2D eigenvalue weighted by Gasteiger charge is 2.27. The average molecular weight is 1120 g/mol. The Morgan fingerprint density at radius 3 is 0.452 bits per heavy atom. The molecule has 0 aromatic heterocycles. The van der Waals surface area contributed by atoms with Gasteiger partial charge in [-0.05, 0) is 44.5 Å². The van der Waals surface area contributed by atoms with Gasteiger partial charge in [-0.25, -0.2) is 0 Å². The van der Waals surface area contributed by atoms with E-state index < -0.39 is 0 Å². The fraction of sp³-hybridized carbons (Fsp3) is 0.278. The maximum absolute atomic E-state index is 15.0. The standard InChI is InChI=1S/C72H80N8O4/c81-69(77(49-61-25-9-1-10-26-61)50-62-27-11-2-12-28-62)57-73-41-43-74(58-70(82)78(51-63-29-13-3-14-30-63)52-64-31-15-4-16-32-64)45-47-76(60-72(84)80(55-67-37-21-7-22-38-67)56-68-39-23-8-24-40-68)48-46-75(44-42-73)59-71(83)79(53-65-33-17-5-18-34-65)54-66-35-19-6-20-36-66/h1-40H,41-60H2. The first-order valence-electron chi connectivity index (χ1n) is 29.6. The summed E-state index contributed by atoms with van der Waals surface area (Å²) in [5.74, 6) is -0.0219. The summed E-state index contributed by atoms with van der Waals surface area (Å²) in [5.41, 5.74) is 8.35. The molecule has 0 N–H and O–H groups in total. The summed E-state index contributed by atoms with van der Waals surface area (Å²) in [5, 5.41) is 0. The van der Waals surface area contributed by atoms with E-state index in [2.05, 4.69) is 117 Å². The zero-order valence-corrected chi connectivity index (χ0v) is 48.4. The highest BCUT2D eigenvalue weighted by molar-refractivity contribution is 5.80. The predicted octanol–water partition coefficient (Wildman–Crippen LogP) is 10.1. The number of rotatable bonds is 24. The average Bonchev–Trinajstić information content (AvgIpc) is 3.60. The van der Waals surface area contributed by atoms with Gasteiger partial charge in [-0.15, -0.1) is 0 Å². The molecule has 0 radical (unpaired) electrons. The van der Waals surface area contributed by atoms with E-state index in [0.29, 0.717) is 105 Å². The molecule has 432 valence electrons. The van der Waals surface area contributed by atoms with Gasteiger partial charge in [0, 0.05) is 105 Å². The van der Waals surface area contributed by atoms with E-state index in [-0.39, 0.29) is 49.8 Å². The van der Waals surface area contributed by atoms with Crippen molar-refractivity contribution in [2.24, 2.45) is 0 Å². The molecule has 1 fully saturated rings. The number of carbonyl (C=O) groups is 4. The van der Waals surface area contributed by atoms with Crippen LogP contribution in [0.4, 0.5) is 0 Å². The van der Waals surface area contributed by atoms with Crippen LogP contribution in [0.2, 0.25) is 0 Å². The Bertz CT molecular complexity index is 2580. The van der Waals surface area contributed by atoms with Crippen molar-refractivity contribution < 1.29 is 19.2 Å². The molecule has 1 saturated heterocycles. The summed E-state index contributed by atoms with van der Waals surface area (Å²) in [7, 11) is 0. The van der Waals surface area contributed by atoms with Gasteiger partial charge in [-0.1, -0.05) is 243 Å². The largest absolute Gasteiger partial charge is 0.333 e. The molecule has 0 spiro atoms. The lowest BCUT2D eigenvalue weighted by atomic mass is 10.1. The van der Waals surface area contributed by atoms with Crippen LogP contribution in [0.1, 0.15) is 44.5 Å². The summed E-state index contributed by atoms with van der Waals surface area (Å²) < 4.78 is 0. The monoisotopic (exact) mass is 1120 g/mol. The van der Waals surface area contributed by atoms with Crippen LogP contribution in [0.3, 0.4) is 0 Å². The molecule has 9 rings (SSSR count). The van der Waals surface area contributed by atoms with Gasteiger partial charge in [-0.3, -0.25) is 38.8 Å². The fourth-order valence-corrected chi connectivity index (χ4v) is 10.7. The number of hydrogen-bond donors (Lipinski definition) is 0. The second-order valence-electron chi connectivity index (χ2n) is 22.0. The van der Waals surface area contributed by atoms with Crippen molar-refractivity contribution in [2.75, 3.05) is 78.5 Å². The minimum atomic E-state index is -0.00547. The summed E-state index contributed by atoms with van der Waals surface area (Å²) in [6.45, 7) is 8.03. The van der Waals surface area contributed by atoms with Crippen LogP contribution in [0, 0.1) is 0 Å². The second kappa shape index (κ2) is 32.4. The van der Waals surface area contributed by atoms with Crippen molar-refractivity contribution in [3.63, 3.8) is 0 Å². The van der Waals surface area contributed by atoms with Crippen molar-refractivity contribution in [3.8, 4) is 0 Å². The minimum absolute atomic E-state index is 0.00547. The van der Waals surface area contributed by atoms with Crippen molar-refractivity contribution in [3.05, 3.63) is 287 Å². The van der Waals surface area contributed by atoms with Crippen LogP contribution in [-0.2, 0) is 71.5 Å². The third kappa shape index (κ3) is 19.8. The van der Waals surface area contributed by atoms with Gasteiger partial charge in [0.05, 0.1) is 26.2 Å². The Balaban J connectivity index is 1.03. The van der Waals surface area contributed by atoms with Crippen molar-refractivity contribution in [1.82, 2.24) is 39.2 Å². The quantitative estimate of drug-likeness (QED) is 0.0591. The Morgan fingerprint density at radius 1 is 0.214 bits per heavy atom. The minimum Gasteiger partial charge on any atom is -0.333 e. The lowest BCUT2D eigenvalue weighted by molar-refractivity contribution is -0.136. The molecule has 0 atom stereocenters. The molecule has 8 aromatic carbocycles. The summed E-state index contributed by atoms with van der Waals surface area (Å²) >= 11 is 0. The molecule has 0 bridgehead atoms. The lowest BCUT2D eigenvalue weighted by Crippen LogP contribution is -2.52. The first-order valence-corrected chi connectivity index (χ1v) is 29.6. The Kier molecular flexibility index (Phi) is 23.1. The van der Waals surface area contributed by atoms with Crippen LogP contribution in [-0.4, -0.2) is 141 Å². The van der Waals surface area contributed by atoms with Crippen molar-refractivity contribution in [2.45, 2.75) is 52.4 Å². The molecule has 8 aromatic rings. The molecule has 84 heavy (non-hydrogen) atoms. The molecule has 12 nitrogen and oxygen atoms in total. The highest BCUT2D eigenvalue weighted by Crippen LogP contribution is 2.18. The van der Waals surface area contributed by atoms with Gasteiger partial charge in [-0.2, -0.15) is 0 Å². The summed E-state index contributed by atoms with van der Waals surface area (Å²) in [6, 6.07) is 81.0. The van der Waals surface area contributed by atoms with Crippen LogP contribution in [0.25, 0.3) is 0 Å². The Morgan fingerprint density at radius 2 is 0.333 bits per heavy atom. The third-order valence-electron chi connectivity index (χ3n) is 15.5. The Hall–Kier alpha value is -8.52. The number of hydrogen-bond acceptors (Lipinski definition) is 8. The normalized spacial score (nSPS) is 13.9. The molecule has 1 aliphatic heterocycles. The first-order chi connectivity index (χ1) is 41.2. The molecule has 0 unspecified atom stereocenters. The van der Waals surface area contributed by atoms with E-state index in [4.69, 9.17) is 0 Å². The number of amides is 4. The van der Waals surface area contributed by atoms with Crippen LogP contribution in [0.15, 0.2) is 243 Å². The SMILES string of the molecule is O=C(CN1CCN(CC(=O)N(Cc2ccccc2)Cc2ccccc2)CCN(CC(=O)N(Cc2ccccc2)Cc2ccccc2)CCN(CC(=O)N(Cc2ccccc2)Cc2ccccc2)CC1)N(Cc1ccccc1)Cc1ccccc1. The van der Waals surface area contributed by atoms with E-state index >= 15 is 19.2 Å². The summed E-state index contributed by atoms with van der Waals surface area (Å²) in [6.07, 6.45) is 0. The van der Waals surface area contributed by atoms with Gasteiger partial charge in [0.15, 0.2) is 0 Å². The van der Waals surface area contributed by atoms with Crippen molar-refractivity contribution >= 4 is 23.6 Å². The van der Waals surface area contributed by atoms with Gasteiger partial charge < -0.3 is 19.6 Å². The zero-order valence-electron chi connectivity index (χ0n) is 48.4. The molecule has 4 amide bonds. The van der Waals surface area contributed by atoms with Gasteiger partial charge in [0.1, 0.15) is 0 Å². The van der Waals surface area contributed by atoms with Gasteiger partial charge in [0.25, 0.3) is 0 Å². The molecule has 1 heterocycles. The van der Waals surface area contributed by atoms with Crippen LogP contribution >= 0.6 is 0 Å². The topological polar surface area (TPSA) is 94.2 Å². The smallest absolute Gasteiger partial charge is 0.237 e. The van der Waals surface area contributed by atoms with E-state index in [1.165, 1.54) is 0 Å². The van der Waals surface area contributed by atoms with Gasteiger partial charge >= 0.3 is 0 Å². The van der Waals surface area contributed by atoms with Crippen LogP contribution in [0.5, 0.6) is 0 Å². The van der Waals surface area contributed by atoms with E-state index in [0.717, 1.165) is 44.5 Å². The lowest BCUT2D eigenvalue weighted by Gasteiger charge is -2.36. The number of carbonyl (C=O) groups excluding carboxylic acids is 4. The molecular weight excluding hydrogens is 1040 g/mol. The fourth-order valence-electron chi connectivity index (χ4n) is 10.7. The molecule has 1 aliphatic rings. The predicted molar refractivity (Wildman–Crippen MR) is 334 cm³/mol. The van der Waals surface area contributed by atoms with E-state index in [1.807, 2.05) is 165 Å². The third-order valence-corrected chi connectivity index (χ3v) is 15.5. The second-order valence-corrected chi connectivity index (χ2v) is 22.0. The maximum atomic E-state index is 15.0. The molecular formula is C72H80N8O4. The molecule has 12 heteroatoms. The highest BCUT2D eigenvalue weighted by atomic mass is 16.2. The molecule has 0 saturated carbocycles. The van der Waals surface area contributed by atoms with E-state index in [9.17, 15) is 0 Å². The first kappa shape index (κ1) is 60.1. The van der Waals surface area contributed by atoms with Crippen molar-refractivity contribution in [1.29, 1.82) is 0 Å². The molecule has 0 aliphatic carbocycles. The number of benzene rings is 8. The zero-order chi connectivity index (χ0) is 58.0. The number of nitrogens with zero attached hydrogens (tertiary/aromatic N) is 8. The van der Waals surface area contributed by atoms with Gasteiger partial charge in [0.2, 0.25) is 23.6 Å². The van der Waals surface area contributed by atoms with Crippen LogP contribution < -0.4 is 0 Å². The Labute approximate surface area is 497 Å². The maximum Gasteiger partial charge on any atom is 0.237 e. The van der Waals surface area contributed by atoms with E-state index in [1.54, 1.807) is 0 Å². The summed E-state index contributed by atoms with van der Waals surface area (Å²) in [4.78, 5) is 76.7.